The van der Waals surface area contributed by atoms with Crippen LogP contribution in [0.2, 0.25) is 0 Å². The predicted molar refractivity (Wildman–Crippen MR) is 55.1 cm³/mol. The second-order valence-corrected chi connectivity index (χ2v) is 3.99. The topological polar surface area (TPSA) is 26.3 Å². The van der Waals surface area contributed by atoms with Crippen LogP contribution in [0.3, 0.4) is 0 Å². The van der Waals surface area contributed by atoms with Crippen molar-refractivity contribution in [2.45, 2.75) is 31.5 Å². The molecule has 0 heterocycles. The van der Waals surface area contributed by atoms with Gasteiger partial charge in [0, 0.05) is 0 Å². The fourth-order valence-corrected chi connectivity index (χ4v) is 0.836. The Balaban J connectivity index is 3.36. The highest BCUT2D eigenvalue weighted by Crippen LogP contribution is 2.05. The molecule has 0 radical (unpaired) electrons. The quantitative estimate of drug-likeness (QED) is 0.311. The highest BCUT2D eigenvalue weighted by molar-refractivity contribution is 6.52. The summed E-state index contributed by atoms with van der Waals surface area (Å²) >= 11 is 10.5. The first-order valence-corrected chi connectivity index (χ1v) is 4.99. The number of esters is 1. The highest BCUT2D eigenvalue weighted by atomic mass is 35.5. The molecule has 0 aromatic heterocycles. The zero-order chi connectivity index (χ0) is 10.3. The molecule has 0 aromatic carbocycles. The van der Waals surface area contributed by atoms with Gasteiger partial charge in [-0.3, -0.25) is 0 Å². The third-order valence-electron chi connectivity index (χ3n) is 1.32. The Morgan fingerprint density at radius 3 is 2.54 bits per heavy atom. The van der Waals surface area contributed by atoms with Crippen molar-refractivity contribution >= 4 is 29.2 Å². The monoisotopic (exact) mass is 224 g/mol. The molecule has 0 bridgehead atoms. The molecule has 13 heavy (non-hydrogen) atoms. The minimum absolute atomic E-state index is 0.374. The molecular weight excluding hydrogens is 211 g/mol. The van der Waals surface area contributed by atoms with E-state index in [1.165, 1.54) is 5.57 Å². The number of carbonyl (C=O) groups excluding carboxylic acids is 1. The van der Waals surface area contributed by atoms with Gasteiger partial charge in [-0.05, 0) is 26.7 Å². The van der Waals surface area contributed by atoms with Crippen LogP contribution in [0.4, 0.5) is 0 Å². The van der Waals surface area contributed by atoms with E-state index in [0.717, 1.165) is 12.8 Å². The Morgan fingerprint density at radius 2 is 2.08 bits per heavy atom. The van der Waals surface area contributed by atoms with E-state index in [0.29, 0.717) is 6.61 Å². The van der Waals surface area contributed by atoms with Gasteiger partial charge in [-0.25, -0.2) is 4.79 Å². The van der Waals surface area contributed by atoms with Crippen molar-refractivity contribution in [3.8, 4) is 0 Å². The van der Waals surface area contributed by atoms with Crippen molar-refractivity contribution in [1.29, 1.82) is 0 Å². The number of halogens is 2. The lowest BCUT2D eigenvalue weighted by Gasteiger charge is -2.03. The zero-order valence-corrected chi connectivity index (χ0v) is 9.36. The van der Waals surface area contributed by atoms with Crippen LogP contribution in [0.15, 0.2) is 11.6 Å². The first-order chi connectivity index (χ1) is 6.04. The van der Waals surface area contributed by atoms with Gasteiger partial charge in [-0.15, -0.1) is 0 Å². The second-order valence-electron chi connectivity index (χ2n) is 2.89. The normalized spacial score (nSPS) is 9.92. The van der Waals surface area contributed by atoms with Crippen LogP contribution >= 0.6 is 23.2 Å². The Kier molecular flexibility index (Phi) is 7.10. The van der Waals surface area contributed by atoms with E-state index in [9.17, 15) is 4.79 Å². The first kappa shape index (κ1) is 12.8. The van der Waals surface area contributed by atoms with Crippen molar-refractivity contribution in [2.24, 2.45) is 0 Å². The number of rotatable bonds is 5. The third kappa shape index (κ3) is 8.13. The van der Waals surface area contributed by atoms with E-state index >= 15 is 0 Å². The summed E-state index contributed by atoms with van der Waals surface area (Å²) in [5, 5.41) is 0. The summed E-state index contributed by atoms with van der Waals surface area (Å²) in [5.74, 6) is -0.569. The molecule has 4 heteroatoms. The molecular formula is C9H14Cl2O2. The fraction of sp³-hybridized carbons (Fsp3) is 0.667. The lowest BCUT2D eigenvalue weighted by Crippen LogP contribution is -2.12. The molecule has 0 aliphatic heterocycles. The van der Waals surface area contributed by atoms with Gasteiger partial charge < -0.3 is 4.74 Å². The van der Waals surface area contributed by atoms with Crippen molar-refractivity contribution in [1.82, 2.24) is 0 Å². The summed E-state index contributed by atoms with van der Waals surface area (Å²) in [4.78, 5) is 9.67. The summed E-state index contributed by atoms with van der Waals surface area (Å²) in [6.45, 7) is 4.43. The fourth-order valence-electron chi connectivity index (χ4n) is 0.710. The maximum atomic E-state index is 10.7. The molecule has 0 aliphatic rings. The number of alkyl halides is 2. The van der Waals surface area contributed by atoms with E-state index in [2.05, 4.69) is 6.08 Å². The third-order valence-corrected chi connectivity index (χ3v) is 1.68. The molecule has 0 aromatic rings. The van der Waals surface area contributed by atoms with Gasteiger partial charge in [0.2, 0.25) is 4.84 Å². The van der Waals surface area contributed by atoms with Gasteiger partial charge in [-0.1, -0.05) is 34.9 Å². The van der Waals surface area contributed by atoms with Gasteiger partial charge in [-0.2, -0.15) is 0 Å². The Hall–Kier alpha value is -0.210. The minimum Gasteiger partial charge on any atom is -0.464 e. The molecule has 0 saturated heterocycles. The Labute approximate surface area is 88.9 Å². The molecule has 0 fully saturated rings. The molecule has 0 aliphatic carbocycles. The van der Waals surface area contributed by atoms with Crippen LogP contribution in [0.25, 0.3) is 0 Å². The second kappa shape index (κ2) is 7.22. The van der Waals surface area contributed by atoms with Crippen LogP contribution in [-0.4, -0.2) is 17.4 Å². The average molecular weight is 225 g/mol. The summed E-state index contributed by atoms with van der Waals surface area (Å²) in [6.07, 6.45) is 3.80. The summed E-state index contributed by atoms with van der Waals surface area (Å²) in [7, 11) is 0. The largest absolute Gasteiger partial charge is 0.464 e. The molecule has 0 atom stereocenters. The van der Waals surface area contributed by atoms with Crippen LogP contribution in [-0.2, 0) is 9.53 Å². The molecule has 0 spiro atoms. The van der Waals surface area contributed by atoms with Crippen LogP contribution < -0.4 is 0 Å². The van der Waals surface area contributed by atoms with Gasteiger partial charge in [0.15, 0.2) is 0 Å². The number of ether oxygens (including phenoxy) is 1. The number of carbonyl (C=O) groups is 1. The van der Waals surface area contributed by atoms with Gasteiger partial charge in [0.1, 0.15) is 0 Å². The number of allylic oxidation sites excluding steroid dienone is 2. The van der Waals surface area contributed by atoms with E-state index in [1.54, 1.807) is 0 Å². The van der Waals surface area contributed by atoms with E-state index in [-0.39, 0.29) is 0 Å². The number of unbranched alkanes of at least 4 members (excludes halogenated alkanes) is 1. The van der Waals surface area contributed by atoms with E-state index < -0.39 is 10.8 Å². The van der Waals surface area contributed by atoms with Crippen LogP contribution in [0.1, 0.15) is 26.7 Å². The van der Waals surface area contributed by atoms with Gasteiger partial charge >= 0.3 is 5.97 Å². The van der Waals surface area contributed by atoms with Gasteiger partial charge in [0.25, 0.3) is 0 Å². The predicted octanol–water partition coefficient (Wildman–Crippen LogP) is 3.08. The van der Waals surface area contributed by atoms with Crippen molar-refractivity contribution in [3.05, 3.63) is 11.6 Å². The number of hydrogen-bond donors (Lipinski definition) is 0. The first-order valence-electron chi connectivity index (χ1n) is 4.12. The molecule has 76 valence electrons. The van der Waals surface area contributed by atoms with Crippen molar-refractivity contribution in [2.75, 3.05) is 6.61 Å². The number of hydrogen-bond acceptors (Lipinski definition) is 2. The lowest BCUT2D eigenvalue weighted by atomic mass is 10.2. The van der Waals surface area contributed by atoms with Crippen LogP contribution in [0.5, 0.6) is 0 Å². The maximum Gasteiger partial charge on any atom is 0.339 e. The zero-order valence-electron chi connectivity index (χ0n) is 7.85. The smallest absolute Gasteiger partial charge is 0.339 e. The SMILES string of the molecule is CC(C)=CCCCOC(=O)C(Cl)Cl. The lowest BCUT2D eigenvalue weighted by molar-refractivity contribution is -0.141. The van der Waals surface area contributed by atoms with E-state index in [1.807, 2.05) is 13.8 Å². The van der Waals surface area contributed by atoms with E-state index in [4.69, 9.17) is 27.9 Å². The maximum absolute atomic E-state index is 10.7. The molecule has 0 rings (SSSR count). The van der Waals surface area contributed by atoms with Crippen molar-refractivity contribution < 1.29 is 9.53 Å². The Morgan fingerprint density at radius 1 is 1.46 bits per heavy atom. The minimum atomic E-state index is -1.07. The van der Waals surface area contributed by atoms with Crippen molar-refractivity contribution in [3.63, 3.8) is 0 Å². The standard InChI is InChI=1S/C9H14Cl2O2/c1-7(2)5-3-4-6-13-9(12)8(10)11/h5,8H,3-4,6H2,1-2H3. The molecule has 0 amide bonds. The molecule has 2 nitrogen and oxygen atoms in total. The molecule has 0 unspecified atom stereocenters. The Bertz CT molecular complexity index is 184. The summed E-state index contributed by atoms with van der Waals surface area (Å²) in [5.41, 5.74) is 1.26. The summed E-state index contributed by atoms with van der Waals surface area (Å²) < 4.78 is 4.75. The molecule has 0 N–H and O–H groups in total. The highest BCUT2D eigenvalue weighted by Gasteiger charge is 2.11. The summed E-state index contributed by atoms with van der Waals surface area (Å²) in [6, 6.07) is 0. The van der Waals surface area contributed by atoms with Crippen LogP contribution in [0, 0.1) is 0 Å². The van der Waals surface area contributed by atoms with Gasteiger partial charge in [0.05, 0.1) is 6.61 Å². The molecule has 0 saturated carbocycles. The average Bonchev–Trinajstić information content (AvgIpc) is 2.02.